The summed E-state index contributed by atoms with van der Waals surface area (Å²) in [5.41, 5.74) is 4.03. The van der Waals surface area contributed by atoms with Crippen molar-refractivity contribution in [2.24, 2.45) is 5.92 Å². The highest BCUT2D eigenvalue weighted by atomic mass is 19.1. The number of pyridine rings is 1. The first-order valence-electron chi connectivity index (χ1n) is 10.6. The molecule has 7 heteroatoms. The average molecular weight is 427 g/mol. The highest BCUT2D eigenvalue weighted by molar-refractivity contribution is 6.04. The van der Waals surface area contributed by atoms with Crippen LogP contribution in [0.2, 0.25) is 0 Å². The first-order valence-corrected chi connectivity index (χ1v) is 10.6. The van der Waals surface area contributed by atoms with Crippen LogP contribution in [0.15, 0.2) is 67.4 Å². The average Bonchev–Trinajstić information content (AvgIpc) is 3.53. The van der Waals surface area contributed by atoms with E-state index in [4.69, 9.17) is 0 Å². The van der Waals surface area contributed by atoms with E-state index in [1.807, 2.05) is 29.0 Å². The molecule has 0 bridgehead atoms. The monoisotopic (exact) mass is 427 g/mol. The van der Waals surface area contributed by atoms with E-state index in [-0.39, 0.29) is 11.7 Å². The number of aromatic nitrogens is 4. The molecule has 1 fully saturated rings. The zero-order chi connectivity index (χ0) is 22.1. The molecule has 1 aliphatic rings. The van der Waals surface area contributed by atoms with Crippen molar-refractivity contribution >= 4 is 11.6 Å². The molecule has 1 N–H and O–H groups in total. The van der Waals surface area contributed by atoms with Crippen molar-refractivity contribution < 1.29 is 9.18 Å². The van der Waals surface area contributed by atoms with Crippen molar-refractivity contribution in [3.05, 3.63) is 84.5 Å². The maximum Gasteiger partial charge on any atom is 0.272 e. The van der Waals surface area contributed by atoms with E-state index in [0.717, 1.165) is 23.2 Å². The van der Waals surface area contributed by atoms with Crippen molar-refractivity contribution in [3.8, 4) is 22.5 Å². The molecule has 1 saturated carbocycles. The van der Waals surface area contributed by atoms with Crippen LogP contribution in [-0.2, 0) is 6.54 Å². The highest BCUT2D eigenvalue weighted by Crippen LogP contribution is 2.33. The van der Waals surface area contributed by atoms with Gasteiger partial charge in [-0.1, -0.05) is 6.07 Å². The second-order valence-corrected chi connectivity index (χ2v) is 8.16. The number of amides is 1. The molecule has 0 spiro atoms. The van der Waals surface area contributed by atoms with Gasteiger partial charge in [-0.3, -0.25) is 9.78 Å². The number of halogens is 1. The molecule has 3 heterocycles. The summed E-state index contributed by atoms with van der Waals surface area (Å²) in [4.78, 5) is 26.1. The number of nitrogens with one attached hydrogen (secondary N) is 1. The molecule has 4 aromatic rings. The van der Waals surface area contributed by atoms with Crippen LogP contribution in [0, 0.1) is 18.7 Å². The summed E-state index contributed by atoms with van der Waals surface area (Å²) < 4.78 is 15.9. The van der Waals surface area contributed by atoms with Crippen LogP contribution >= 0.6 is 0 Å². The molecule has 5 rings (SSSR count). The number of hydrogen-bond acceptors (Lipinski definition) is 4. The van der Waals surface area contributed by atoms with Crippen molar-refractivity contribution in [3.63, 3.8) is 0 Å². The molecule has 1 aliphatic carbocycles. The third-order valence-electron chi connectivity index (χ3n) is 5.62. The molecule has 3 aromatic heterocycles. The molecule has 1 amide bonds. The SMILES string of the molecule is Cc1ccc(NC(=O)c2cc(-c3cnc(-c4cccnc4)nc3)cn2CC2CC2)cc1F. The predicted molar refractivity (Wildman–Crippen MR) is 121 cm³/mol. The van der Waals surface area contributed by atoms with Crippen LogP contribution in [-0.4, -0.2) is 25.4 Å². The Balaban J connectivity index is 1.42. The largest absolute Gasteiger partial charge is 0.343 e. The lowest BCUT2D eigenvalue weighted by Crippen LogP contribution is -2.17. The Kier molecular flexibility index (Phi) is 5.23. The van der Waals surface area contributed by atoms with Crippen LogP contribution < -0.4 is 5.32 Å². The Hall–Kier alpha value is -3.87. The lowest BCUT2D eigenvalue weighted by atomic mass is 10.1. The first-order chi connectivity index (χ1) is 15.6. The summed E-state index contributed by atoms with van der Waals surface area (Å²) in [6, 6.07) is 10.3. The molecule has 0 saturated heterocycles. The van der Waals surface area contributed by atoms with Gasteiger partial charge in [-0.15, -0.1) is 0 Å². The standard InChI is InChI=1S/C25H22FN5O/c1-16-4-7-21(10-22(16)26)30-25(32)23-9-19(15-31(23)14-17-5-6-17)20-12-28-24(29-13-20)18-3-2-8-27-11-18/h2-4,7-13,15,17H,5-6,14H2,1H3,(H,30,32). The predicted octanol–water partition coefficient (Wildman–Crippen LogP) is 5.12. The minimum absolute atomic E-state index is 0.270. The quantitative estimate of drug-likeness (QED) is 0.464. The van der Waals surface area contributed by atoms with Gasteiger partial charge in [0.05, 0.1) is 0 Å². The van der Waals surface area contributed by atoms with E-state index in [9.17, 15) is 9.18 Å². The van der Waals surface area contributed by atoms with Crippen molar-refractivity contribution in [1.29, 1.82) is 0 Å². The van der Waals surface area contributed by atoms with Crippen LogP contribution in [0.25, 0.3) is 22.5 Å². The van der Waals surface area contributed by atoms with Crippen LogP contribution in [0.3, 0.4) is 0 Å². The Morgan fingerprint density at radius 1 is 1.09 bits per heavy atom. The van der Waals surface area contributed by atoms with Gasteiger partial charge in [-0.25, -0.2) is 14.4 Å². The molecule has 0 aliphatic heterocycles. The molecule has 0 atom stereocenters. The third kappa shape index (κ3) is 4.27. The smallest absolute Gasteiger partial charge is 0.272 e. The summed E-state index contributed by atoms with van der Waals surface area (Å²) >= 11 is 0. The zero-order valence-corrected chi connectivity index (χ0v) is 17.6. The van der Waals surface area contributed by atoms with Gasteiger partial charge in [0.15, 0.2) is 5.82 Å². The van der Waals surface area contributed by atoms with Gasteiger partial charge in [-0.05, 0) is 61.6 Å². The minimum atomic E-state index is -0.345. The number of aryl methyl sites for hydroxylation is 1. The molecule has 32 heavy (non-hydrogen) atoms. The van der Waals surface area contributed by atoms with Crippen molar-refractivity contribution in [2.45, 2.75) is 26.3 Å². The Labute approximate surface area is 185 Å². The van der Waals surface area contributed by atoms with Gasteiger partial charge < -0.3 is 9.88 Å². The Morgan fingerprint density at radius 3 is 2.59 bits per heavy atom. The molecule has 1 aromatic carbocycles. The number of rotatable bonds is 6. The maximum absolute atomic E-state index is 13.9. The summed E-state index contributed by atoms with van der Waals surface area (Å²) in [5, 5.41) is 2.82. The number of anilines is 1. The summed E-state index contributed by atoms with van der Waals surface area (Å²) in [6.07, 6.45) is 11.2. The lowest BCUT2D eigenvalue weighted by molar-refractivity contribution is 0.101. The normalized spacial score (nSPS) is 13.2. The zero-order valence-electron chi connectivity index (χ0n) is 17.6. The molecule has 0 radical (unpaired) electrons. The summed E-state index contributed by atoms with van der Waals surface area (Å²) in [7, 11) is 0. The fraction of sp³-hybridized carbons (Fsp3) is 0.200. The topological polar surface area (TPSA) is 72.7 Å². The molecule has 0 unspecified atom stereocenters. The van der Waals surface area contributed by atoms with Crippen LogP contribution in [0.1, 0.15) is 28.9 Å². The molecule has 6 nitrogen and oxygen atoms in total. The highest BCUT2D eigenvalue weighted by Gasteiger charge is 2.25. The van der Waals surface area contributed by atoms with Gasteiger partial charge in [0.2, 0.25) is 0 Å². The fourth-order valence-corrected chi connectivity index (χ4v) is 3.58. The van der Waals surface area contributed by atoms with E-state index in [0.29, 0.717) is 28.7 Å². The number of carbonyl (C=O) groups excluding carboxylic acids is 1. The van der Waals surface area contributed by atoms with Gasteiger partial charge in [0.25, 0.3) is 5.91 Å². The van der Waals surface area contributed by atoms with Gasteiger partial charge in [0, 0.05) is 59.9 Å². The van der Waals surface area contributed by atoms with Gasteiger partial charge >= 0.3 is 0 Å². The maximum atomic E-state index is 13.9. The Bertz CT molecular complexity index is 1260. The summed E-state index contributed by atoms with van der Waals surface area (Å²) in [6.45, 7) is 2.47. The number of benzene rings is 1. The summed E-state index contributed by atoms with van der Waals surface area (Å²) in [5.74, 6) is 0.567. The van der Waals surface area contributed by atoms with E-state index < -0.39 is 0 Å². The second-order valence-electron chi connectivity index (χ2n) is 8.16. The van der Waals surface area contributed by atoms with Crippen molar-refractivity contribution in [1.82, 2.24) is 19.5 Å². The fourth-order valence-electron chi connectivity index (χ4n) is 3.58. The third-order valence-corrected chi connectivity index (χ3v) is 5.62. The number of carbonyl (C=O) groups is 1. The Morgan fingerprint density at radius 2 is 1.91 bits per heavy atom. The van der Waals surface area contributed by atoms with Crippen LogP contribution in [0.5, 0.6) is 0 Å². The van der Waals surface area contributed by atoms with E-state index in [1.165, 1.54) is 18.9 Å². The van der Waals surface area contributed by atoms with E-state index in [1.54, 1.807) is 43.8 Å². The van der Waals surface area contributed by atoms with Gasteiger partial charge in [0.1, 0.15) is 11.5 Å². The molecular weight excluding hydrogens is 405 g/mol. The first kappa shape index (κ1) is 20.1. The number of nitrogens with zero attached hydrogens (tertiary/aromatic N) is 4. The lowest BCUT2D eigenvalue weighted by Gasteiger charge is -2.09. The van der Waals surface area contributed by atoms with Crippen molar-refractivity contribution in [2.75, 3.05) is 5.32 Å². The molecular formula is C25H22FN5O. The second kappa shape index (κ2) is 8.34. The van der Waals surface area contributed by atoms with Gasteiger partial charge in [-0.2, -0.15) is 0 Å². The molecule has 160 valence electrons. The van der Waals surface area contributed by atoms with E-state index >= 15 is 0 Å². The van der Waals surface area contributed by atoms with E-state index in [2.05, 4.69) is 20.3 Å². The minimum Gasteiger partial charge on any atom is -0.343 e. The number of hydrogen-bond donors (Lipinski definition) is 1. The van der Waals surface area contributed by atoms with Crippen LogP contribution in [0.4, 0.5) is 10.1 Å².